The molecule has 0 spiro atoms. The molecule has 142 valence electrons. The number of hydrogen-bond acceptors (Lipinski definition) is 1. The van der Waals surface area contributed by atoms with Crippen LogP contribution in [0.25, 0.3) is 0 Å². The summed E-state index contributed by atoms with van der Waals surface area (Å²) >= 11 is 0. The molecule has 1 heterocycles. The van der Waals surface area contributed by atoms with Gasteiger partial charge in [-0.3, -0.25) is 0 Å². The van der Waals surface area contributed by atoms with Crippen LogP contribution in [-0.4, -0.2) is 37.7 Å². The second-order valence-corrected chi connectivity index (χ2v) is 12.3. The molecule has 2 nitrogen and oxygen atoms in total. The molecule has 0 atom stereocenters. The van der Waals surface area contributed by atoms with E-state index in [-0.39, 0.29) is 5.54 Å². The van der Waals surface area contributed by atoms with E-state index in [4.69, 9.17) is 4.74 Å². The van der Waals surface area contributed by atoms with Gasteiger partial charge in [-0.25, -0.2) is 0 Å². The van der Waals surface area contributed by atoms with E-state index in [2.05, 4.69) is 117 Å². The number of nitrogens with zero attached hydrogens (tertiary/aromatic N) is 1. The van der Waals surface area contributed by atoms with Crippen LogP contribution in [0.15, 0.2) is 84.9 Å². The van der Waals surface area contributed by atoms with Crippen LogP contribution < -0.4 is 15.6 Å². The average Bonchev–Trinajstić information content (AvgIpc) is 3.01. The maximum absolute atomic E-state index is 6.24. The highest BCUT2D eigenvalue weighted by molar-refractivity contribution is 7.11. The van der Waals surface area contributed by atoms with Crippen molar-refractivity contribution < 1.29 is 9.31 Å². The molecule has 3 heteroatoms. The number of benzene rings is 3. The fraction of sp³-hybridized carbons (Fsp3) is 0.240. The van der Waals surface area contributed by atoms with Crippen molar-refractivity contribution in [2.45, 2.75) is 25.9 Å². The van der Waals surface area contributed by atoms with Crippen LogP contribution >= 0.6 is 0 Å². The van der Waals surface area contributed by atoms with Crippen LogP contribution in [0, 0.1) is 0 Å². The topological polar surface area (TPSA) is 12.2 Å². The lowest BCUT2D eigenvalue weighted by Gasteiger charge is -2.30. The fourth-order valence-electron chi connectivity index (χ4n) is 4.10. The van der Waals surface area contributed by atoms with E-state index in [1.54, 1.807) is 0 Å². The van der Waals surface area contributed by atoms with Gasteiger partial charge in [-0.15, -0.1) is 0 Å². The fourth-order valence-corrected chi connectivity index (χ4v) is 7.93. The van der Waals surface area contributed by atoms with Crippen molar-refractivity contribution in [2.75, 3.05) is 13.7 Å². The highest BCUT2D eigenvalue weighted by atomic mass is 28.3. The maximum atomic E-state index is 6.24. The Hall–Kier alpha value is -2.65. The molecule has 1 aliphatic rings. The highest BCUT2D eigenvalue weighted by Gasteiger charge is 2.44. The third kappa shape index (κ3) is 3.00. The Kier molecular flexibility index (Phi) is 4.72. The Morgan fingerprint density at radius 3 is 1.79 bits per heavy atom. The van der Waals surface area contributed by atoms with Gasteiger partial charge in [0.25, 0.3) is 0 Å². The van der Waals surface area contributed by atoms with E-state index in [9.17, 15) is 0 Å². The smallest absolute Gasteiger partial charge is 0.370 e. The normalized spacial score (nSPS) is 16.1. The summed E-state index contributed by atoms with van der Waals surface area (Å²) in [7, 11) is -0.0514. The van der Waals surface area contributed by atoms with Gasteiger partial charge in [-0.1, -0.05) is 85.4 Å². The van der Waals surface area contributed by atoms with Crippen LogP contribution in [0.3, 0.4) is 0 Å². The Balaban J connectivity index is 1.99. The molecule has 4 rings (SSSR count). The van der Waals surface area contributed by atoms with E-state index in [1.165, 1.54) is 21.1 Å². The zero-order chi connectivity index (χ0) is 19.8. The molecule has 0 bridgehead atoms. The highest BCUT2D eigenvalue weighted by Crippen LogP contribution is 2.20. The zero-order valence-electron chi connectivity index (χ0n) is 17.1. The first-order valence-corrected chi connectivity index (χ1v) is 12.4. The second-order valence-electron chi connectivity index (χ2n) is 8.37. The van der Waals surface area contributed by atoms with E-state index in [0.717, 1.165) is 5.90 Å². The Morgan fingerprint density at radius 1 is 0.786 bits per heavy atom. The van der Waals surface area contributed by atoms with Crippen molar-refractivity contribution in [3.63, 3.8) is 0 Å². The third-order valence-electron chi connectivity index (χ3n) is 6.17. The number of rotatable bonds is 4. The summed E-state index contributed by atoms with van der Waals surface area (Å²) in [5.74, 6) is 0.992. The lowest BCUT2D eigenvalue weighted by atomic mass is 10.1. The minimum Gasteiger partial charge on any atom is -0.437 e. The van der Waals surface area contributed by atoms with Gasteiger partial charge in [-0.05, 0) is 21.6 Å². The van der Waals surface area contributed by atoms with Crippen molar-refractivity contribution >= 4 is 29.5 Å². The molecule has 1 aliphatic heterocycles. The van der Waals surface area contributed by atoms with Crippen LogP contribution in [0.4, 0.5) is 0 Å². The lowest BCUT2D eigenvalue weighted by molar-refractivity contribution is -0.562. The summed E-state index contributed by atoms with van der Waals surface area (Å²) in [4.78, 5) is 0. The van der Waals surface area contributed by atoms with E-state index in [1.807, 2.05) is 0 Å². The molecule has 0 N–H and O–H groups in total. The van der Waals surface area contributed by atoms with Crippen molar-refractivity contribution in [1.82, 2.24) is 0 Å². The van der Waals surface area contributed by atoms with Gasteiger partial charge in [0.1, 0.15) is 15.1 Å². The first-order chi connectivity index (χ1) is 13.4. The van der Waals surface area contributed by atoms with Crippen LogP contribution in [0.1, 0.15) is 19.4 Å². The predicted octanol–water partition coefficient (Wildman–Crippen LogP) is 2.98. The molecule has 28 heavy (non-hydrogen) atoms. The summed E-state index contributed by atoms with van der Waals surface area (Å²) in [6.07, 6.45) is 0. The molecule has 0 unspecified atom stereocenters. The van der Waals surface area contributed by atoms with Gasteiger partial charge in [0.05, 0.1) is 5.56 Å². The lowest BCUT2D eigenvalue weighted by Crippen LogP contribution is -2.66. The standard InChI is InChI=1S/C25H28NOSi/c1-25(2)19-27-24(26(25)3)22-17-11-12-18-23(22)28(4,20-13-7-5-8-14-20)21-15-9-6-10-16-21/h5-18H,19H2,1-4H3/q+1. The van der Waals surface area contributed by atoms with Crippen molar-refractivity contribution in [3.05, 3.63) is 90.5 Å². The van der Waals surface area contributed by atoms with E-state index in [0.29, 0.717) is 6.61 Å². The first kappa shape index (κ1) is 18.7. The third-order valence-corrected chi connectivity index (χ3v) is 10.7. The van der Waals surface area contributed by atoms with Crippen molar-refractivity contribution in [2.24, 2.45) is 0 Å². The van der Waals surface area contributed by atoms with Crippen LogP contribution in [-0.2, 0) is 4.74 Å². The predicted molar refractivity (Wildman–Crippen MR) is 120 cm³/mol. The monoisotopic (exact) mass is 386 g/mol. The van der Waals surface area contributed by atoms with Crippen LogP contribution in [0.2, 0.25) is 6.55 Å². The van der Waals surface area contributed by atoms with Gasteiger partial charge in [-0.2, -0.15) is 4.58 Å². The molecule has 3 aromatic carbocycles. The minimum absolute atomic E-state index is 0.000104. The van der Waals surface area contributed by atoms with Gasteiger partial charge in [0, 0.05) is 13.8 Å². The molecule has 0 aliphatic carbocycles. The summed E-state index contributed by atoms with van der Waals surface area (Å²) in [6.45, 7) is 7.63. The van der Waals surface area contributed by atoms with Gasteiger partial charge in [0.2, 0.25) is 0 Å². The number of hydrogen-bond donors (Lipinski definition) is 0. The first-order valence-electron chi connectivity index (χ1n) is 9.89. The molecule has 3 aromatic rings. The SMILES string of the molecule is C[N+]1=C(c2ccccc2[Si](C)(c2ccccc2)c2ccccc2)OCC1(C)C. The molecular formula is C25H28NOSi+. The molecule has 0 radical (unpaired) electrons. The zero-order valence-corrected chi connectivity index (χ0v) is 18.1. The summed E-state index contributed by atoms with van der Waals surface area (Å²) < 4.78 is 8.53. The molecule has 0 amide bonds. The Morgan fingerprint density at radius 2 is 1.29 bits per heavy atom. The van der Waals surface area contributed by atoms with Crippen molar-refractivity contribution in [1.29, 1.82) is 0 Å². The average molecular weight is 387 g/mol. The minimum atomic E-state index is -2.19. The quantitative estimate of drug-likeness (QED) is 0.381. The molecule has 0 saturated heterocycles. The van der Waals surface area contributed by atoms with Gasteiger partial charge < -0.3 is 4.74 Å². The van der Waals surface area contributed by atoms with Gasteiger partial charge in [0.15, 0.2) is 12.1 Å². The van der Waals surface area contributed by atoms with Crippen molar-refractivity contribution in [3.8, 4) is 0 Å². The molecule has 0 fully saturated rings. The van der Waals surface area contributed by atoms with Crippen LogP contribution in [0.5, 0.6) is 0 Å². The summed E-state index contributed by atoms with van der Waals surface area (Å²) in [6, 6.07) is 30.7. The number of ether oxygens (including phenoxy) is 1. The number of likely N-dealkylation sites (N-methyl/N-ethyl adjacent to an activating group) is 1. The Labute approximate surface area is 169 Å². The molecule has 0 aromatic heterocycles. The maximum Gasteiger partial charge on any atom is 0.370 e. The molecular weight excluding hydrogens is 358 g/mol. The summed E-state index contributed by atoms with van der Waals surface area (Å²) in [5, 5.41) is 4.22. The Bertz CT molecular complexity index is 969. The molecule has 0 saturated carbocycles. The largest absolute Gasteiger partial charge is 0.437 e. The van der Waals surface area contributed by atoms with E-state index < -0.39 is 8.07 Å². The van der Waals surface area contributed by atoms with Gasteiger partial charge >= 0.3 is 5.90 Å². The van der Waals surface area contributed by atoms with E-state index >= 15 is 0 Å². The second kappa shape index (κ2) is 7.06. The summed E-state index contributed by atoms with van der Waals surface area (Å²) in [5.41, 5.74) is 1.22.